The fourth-order valence-electron chi connectivity index (χ4n) is 3.17. The second-order valence-electron chi connectivity index (χ2n) is 6.51. The zero-order valence-corrected chi connectivity index (χ0v) is 16.4. The monoisotopic (exact) mass is 377 g/mol. The number of nitrogens with one attached hydrogen (secondary N) is 1. The highest BCUT2D eigenvalue weighted by Gasteiger charge is 2.14. The van der Waals surface area contributed by atoms with Gasteiger partial charge in [-0.05, 0) is 41.6 Å². The first-order chi connectivity index (χ1) is 13.1. The summed E-state index contributed by atoms with van der Waals surface area (Å²) in [5.74, 6) is -0.111. The smallest absolute Gasteiger partial charge is 0.220 e. The Balaban J connectivity index is 1.59. The van der Waals surface area contributed by atoms with E-state index >= 15 is 0 Å². The van der Waals surface area contributed by atoms with Crippen molar-refractivity contribution in [3.05, 3.63) is 77.9 Å². The van der Waals surface area contributed by atoms with Gasteiger partial charge in [-0.25, -0.2) is 0 Å². The van der Waals surface area contributed by atoms with Crippen LogP contribution in [-0.4, -0.2) is 17.9 Å². The van der Waals surface area contributed by atoms with Crippen LogP contribution in [0.1, 0.15) is 41.7 Å². The minimum atomic E-state index is -0.112. The summed E-state index contributed by atoms with van der Waals surface area (Å²) in [6.07, 6.45) is 2.41. The van der Waals surface area contributed by atoms with Gasteiger partial charge < -0.3 is 5.32 Å². The summed E-state index contributed by atoms with van der Waals surface area (Å²) in [7, 11) is 0. The number of thioether (sulfide) groups is 1. The highest BCUT2D eigenvalue weighted by molar-refractivity contribution is 7.98. The molecule has 0 saturated heterocycles. The molecular formula is C23H23NO2S. The van der Waals surface area contributed by atoms with Crippen LogP contribution in [0.4, 0.5) is 0 Å². The van der Waals surface area contributed by atoms with Crippen molar-refractivity contribution in [3.63, 3.8) is 0 Å². The maximum absolute atomic E-state index is 12.3. The highest BCUT2D eigenvalue weighted by Crippen LogP contribution is 2.24. The molecule has 0 radical (unpaired) electrons. The van der Waals surface area contributed by atoms with Crippen LogP contribution in [0.15, 0.2) is 71.6 Å². The van der Waals surface area contributed by atoms with Gasteiger partial charge in [-0.2, -0.15) is 0 Å². The molecule has 0 saturated carbocycles. The van der Waals surface area contributed by atoms with Crippen molar-refractivity contribution in [1.82, 2.24) is 5.32 Å². The van der Waals surface area contributed by atoms with Gasteiger partial charge in [0.15, 0.2) is 5.78 Å². The molecule has 0 aliphatic heterocycles. The lowest BCUT2D eigenvalue weighted by Gasteiger charge is -2.16. The van der Waals surface area contributed by atoms with Crippen LogP contribution in [0.3, 0.4) is 0 Å². The summed E-state index contributed by atoms with van der Waals surface area (Å²) in [5, 5.41) is 5.31. The Morgan fingerprint density at radius 3 is 2.37 bits per heavy atom. The molecule has 1 atom stereocenters. The third-order valence-electron chi connectivity index (χ3n) is 4.66. The van der Waals surface area contributed by atoms with E-state index in [4.69, 9.17) is 0 Å². The van der Waals surface area contributed by atoms with E-state index in [9.17, 15) is 9.59 Å². The molecule has 0 heterocycles. The number of amides is 1. The van der Waals surface area contributed by atoms with Gasteiger partial charge in [-0.1, -0.05) is 54.6 Å². The normalized spacial score (nSPS) is 11.9. The van der Waals surface area contributed by atoms with Gasteiger partial charge in [0.25, 0.3) is 0 Å². The average molecular weight is 378 g/mol. The SMILES string of the molecule is CSc1ccc(C(=O)CCC(=O)NC(C)c2cccc3ccccc23)cc1. The van der Waals surface area contributed by atoms with Gasteiger partial charge in [-0.15, -0.1) is 11.8 Å². The maximum Gasteiger partial charge on any atom is 0.220 e. The molecule has 3 rings (SSSR count). The number of fused-ring (bicyclic) bond motifs is 1. The first kappa shape index (κ1) is 19.2. The van der Waals surface area contributed by atoms with Crippen molar-refractivity contribution in [1.29, 1.82) is 0 Å². The lowest BCUT2D eigenvalue weighted by atomic mass is 9.99. The van der Waals surface area contributed by atoms with Gasteiger partial charge >= 0.3 is 0 Å². The van der Waals surface area contributed by atoms with Crippen molar-refractivity contribution >= 4 is 34.2 Å². The average Bonchev–Trinajstić information content (AvgIpc) is 2.71. The summed E-state index contributed by atoms with van der Waals surface area (Å²) < 4.78 is 0. The van der Waals surface area contributed by atoms with Gasteiger partial charge in [0.1, 0.15) is 0 Å². The van der Waals surface area contributed by atoms with Crippen LogP contribution in [0.25, 0.3) is 10.8 Å². The molecule has 0 aromatic heterocycles. The van der Waals surface area contributed by atoms with Crippen molar-refractivity contribution in [2.45, 2.75) is 30.7 Å². The summed E-state index contributed by atoms with van der Waals surface area (Å²) >= 11 is 1.64. The lowest BCUT2D eigenvalue weighted by Crippen LogP contribution is -2.27. The Bertz CT molecular complexity index is 945. The number of rotatable bonds is 7. The summed E-state index contributed by atoms with van der Waals surface area (Å²) in [4.78, 5) is 25.7. The van der Waals surface area contributed by atoms with Crippen molar-refractivity contribution in [2.24, 2.45) is 0 Å². The molecular weight excluding hydrogens is 354 g/mol. The number of hydrogen-bond acceptors (Lipinski definition) is 3. The highest BCUT2D eigenvalue weighted by atomic mass is 32.2. The Kier molecular flexibility index (Phi) is 6.30. The molecule has 0 spiro atoms. The van der Waals surface area contributed by atoms with E-state index in [1.807, 2.05) is 61.7 Å². The molecule has 27 heavy (non-hydrogen) atoms. The van der Waals surface area contributed by atoms with Crippen molar-refractivity contribution in [3.8, 4) is 0 Å². The Labute approximate surface area is 164 Å². The minimum absolute atomic E-state index is 0.00406. The van der Waals surface area contributed by atoms with Gasteiger partial charge in [-0.3, -0.25) is 9.59 Å². The second-order valence-corrected chi connectivity index (χ2v) is 7.39. The molecule has 1 N–H and O–H groups in total. The number of carbonyl (C=O) groups excluding carboxylic acids is 2. The molecule has 0 aliphatic carbocycles. The third-order valence-corrected chi connectivity index (χ3v) is 5.40. The van der Waals surface area contributed by atoms with Crippen LogP contribution in [0.2, 0.25) is 0 Å². The largest absolute Gasteiger partial charge is 0.350 e. The van der Waals surface area contributed by atoms with E-state index in [-0.39, 0.29) is 30.6 Å². The molecule has 3 aromatic carbocycles. The van der Waals surface area contributed by atoms with E-state index < -0.39 is 0 Å². The van der Waals surface area contributed by atoms with Crippen LogP contribution in [0.5, 0.6) is 0 Å². The Morgan fingerprint density at radius 2 is 1.63 bits per heavy atom. The molecule has 1 amide bonds. The molecule has 0 fully saturated rings. The standard InChI is InChI=1S/C23H23NO2S/c1-16(20-9-5-7-17-6-3-4-8-21(17)20)24-23(26)15-14-22(25)18-10-12-19(27-2)13-11-18/h3-13,16H,14-15H2,1-2H3,(H,24,26). The van der Waals surface area contributed by atoms with Crippen LogP contribution >= 0.6 is 11.8 Å². The van der Waals surface area contributed by atoms with Crippen LogP contribution < -0.4 is 5.32 Å². The summed E-state index contributed by atoms with van der Waals surface area (Å²) in [6, 6.07) is 21.6. The number of benzene rings is 3. The molecule has 0 aliphatic rings. The van der Waals surface area contributed by atoms with Crippen LogP contribution in [-0.2, 0) is 4.79 Å². The van der Waals surface area contributed by atoms with E-state index in [0.29, 0.717) is 5.56 Å². The summed E-state index contributed by atoms with van der Waals surface area (Å²) in [5.41, 5.74) is 1.74. The first-order valence-corrected chi connectivity index (χ1v) is 10.2. The Hall–Kier alpha value is -2.59. The number of ketones is 1. The predicted molar refractivity (Wildman–Crippen MR) is 112 cm³/mol. The second kappa shape index (κ2) is 8.87. The fourth-order valence-corrected chi connectivity index (χ4v) is 3.58. The number of hydrogen-bond donors (Lipinski definition) is 1. The fraction of sp³-hybridized carbons (Fsp3) is 0.217. The minimum Gasteiger partial charge on any atom is -0.350 e. The molecule has 3 nitrogen and oxygen atoms in total. The maximum atomic E-state index is 12.3. The number of carbonyl (C=O) groups is 2. The lowest BCUT2D eigenvalue weighted by molar-refractivity contribution is -0.121. The predicted octanol–water partition coefficient (Wildman–Crippen LogP) is 5.40. The van der Waals surface area contributed by atoms with Crippen molar-refractivity contribution in [2.75, 3.05) is 6.26 Å². The van der Waals surface area contributed by atoms with E-state index in [1.165, 1.54) is 0 Å². The van der Waals surface area contributed by atoms with Gasteiger partial charge in [0.05, 0.1) is 6.04 Å². The topological polar surface area (TPSA) is 46.2 Å². The van der Waals surface area contributed by atoms with E-state index in [1.54, 1.807) is 11.8 Å². The number of Topliss-reactive ketones (excluding diaryl/α,β-unsaturated/α-hetero) is 1. The van der Waals surface area contributed by atoms with Crippen LogP contribution in [0, 0.1) is 0 Å². The van der Waals surface area contributed by atoms with Gasteiger partial charge in [0.2, 0.25) is 5.91 Å². The molecule has 138 valence electrons. The van der Waals surface area contributed by atoms with Gasteiger partial charge in [0, 0.05) is 23.3 Å². The molecule has 4 heteroatoms. The van der Waals surface area contributed by atoms with Crippen molar-refractivity contribution < 1.29 is 9.59 Å². The molecule has 1 unspecified atom stereocenters. The zero-order valence-electron chi connectivity index (χ0n) is 15.6. The van der Waals surface area contributed by atoms with E-state index in [0.717, 1.165) is 21.2 Å². The Morgan fingerprint density at radius 1 is 0.926 bits per heavy atom. The molecule has 0 bridgehead atoms. The zero-order chi connectivity index (χ0) is 19.2. The van der Waals surface area contributed by atoms with E-state index in [2.05, 4.69) is 23.5 Å². The quantitative estimate of drug-likeness (QED) is 0.443. The first-order valence-electron chi connectivity index (χ1n) is 9.03. The third kappa shape index (κ3) is 4.77. The molecule has 3 aromatic rings. The summed E-state index contributed by atoms with van der Waals surface area (Å²) in [6.45, 7) is 1.97.